The molecule has 0 aliphatic carbocycles. The van der Waals surface area contributed by atoms with Crippen LogP contribution in [0.4, 0.5) is 13.2 Å². The van der Waals surface area contributed by atoms with Crippen molar-refractivity contribution in [3.63, 3.8) is 0 Å². The number of aromatic nitrogens is 4. The van der Waals surface area contributed by atoms with Crippen LogP contribution in [0.5, 0.6) is 0 Å². The molecule has 0 spiro atoms. The largest absolute Gasteiger partial charge is 0.433 e. The van der Waals surface area contributed by atoms with Crippen LogP contribution in [0, 0.1) is 0 Å². The number of carbonyl (C=O) groups excluding carboxylic acids is 1. The zero-order chi connectivity index (χ0) is 20.6. The van der Waals surface area contributed by atoms with Crippen molar-refractivity contribution in [2.75, 3.05) is 0 Å². The predicted molar refractivity (Wildman–Crippen MR) is 100 cm³/mol. The third-order valence-electron chi connectivity index (χ3n) is 4.00. The number of alkyl halides is 3. The summed E-state index contributed by atoms with van der Waals surface area (Å²) in [4.78, 5) is 20.0. The lowest BCUT2D eigenvalue weighted by atomic mass is 10.2. The molecule has 1 amide bonds. The summed E-state index contributed by atoms with van der Waals surface area (Å²) >= 11 is 7.00. The van der Waals surface area contributed by atoms with Crippen LogP contribution in [0.1, 0.15) is 21.7 Å². The van der Waals surface area contributed by atoms with Crippen LogP contribution < -0.4 is 10.3 Å². The number of hydrogen-bond donors (Lipinski definition) is 1. The second-order valence-electron chi connectivity index (χ2n) is 6.02. The maximum atomic E-state index is 13.6. The fourth-order valence-electron chi connectivity index (χ4n) is 2.68. The van der Waals surface area contributed by atoms with Gasteiger partial charge in [0.15, 0.2) is 29.4 Å². The topological polar surface area (TPSA) is 73.4 Å². The average molecular weight is 439 g/mol. The number of hydrogen-bond acceptors (Lipinski definition) is 4. The highest BCUT2D eigenvalue weighted by Crippen LogP contribution is 2.35. The number of nitrogens with zero attached hydrogens (tertiary/aromatic N) is 3. The monoisotopic (exact) mass is 438 g/mol. The first-order chi connectivity index (χ1) is 13.8. The maximum Gasteiger partial charge on any atom is 0.433 e. The number of pyridine rings is 1. The van der Waals surface area contributed by atoms with Crippen LogP contribution in [0.15, 0.2) is 48.8 Å². The van der Waals surface area contributed by atoms with Gasteiger partial charge in [-0.15, -0.1) is 11.3 Å². The van der Waals surface area contributed by atoms with Crippen LogP contribution in [0.3, 0.4) is 0 Å². The minimum atomic E-state index is -4.68. The van der Waals surface area contributed by atoms with Gasteiger partial charge in [-0.05, 0) is 24.3 Å². The molecule has 0 atom stereocenters. The maximum absolute atomic E-state index is 13.6. The summed E-state index contributed by atoms with van der Waals surface area (Å²) in [5.41, 5.74) is -0.371. The van der Waals surface area contributed by atoms with Crippen LogP contribution in [-0.2, 0) is 12.7 Å². The van der Waals surface area contributed by atoms with Gasteiger partial charge in [-0.1, -0.05) is 11.6 Å². The lowest BCUT2D eigenvalue weighted by molar-refractivity contribution is -0.378. The minimum Gasteiger partial charge on any atom is -0.346 e. The number of rotatable bonds is 4. The predicted octanol–water partition coefficient (Wildman–Crippen LogP) is 3.87. The molecule has 11 heteroatoms. The van der Waals surface area contributed by atoms with E-state index in [-0.39, 0.29) is 23.6 Å². The van der Waals surface area contributed by atoms with Crippen molar-refractivity contribution < 1.29 is 22.9 Å². The molecule has 0 radical (unpaired) electrons. The highest BCUT2D eigenvalue weighted by Gasteiger charge is 2.35. The smallest absolute Gasteiger partial charge is 0.346 e. The molecule has 2 N–H and O–H groups in total. The van der Waals surface area contributed by atoms with E-state index in [0.29, 0.717) is 13.7 Å². The molecule has 0 aliphatic rings. The summed E-state index contributed by atoms with van der Waals surface area (Å²) in [6.07, 6.45) is -1.27. The standard InChI is InChI=1S/C18H11ClF3N5OS/c19-15-4-3-13(29-15)11-6-14(18(20,21)22)27-16(25-11)7-12(26-27)17(28)24-9-10-2-1-5-23-8-10/h1-8H,9H2,(H,24,28)/p+1. The lowest BCUT2D eigenvalue weighted by Crippen LogP contribution is -2.24. The molecule has 148 valence electrons. The van der Waals surface area contributed by atoms with E-state index in [1.807, 2.05) is 0 Å². The van der Waals surface area contributed by atoms with E-state index in [2.05, 4.69) is 20.4 Å². The molecule has 0 unspecified atom stereocenters. The number of aromatic amines is 1. The Labute approximate surface area is 171 Å². The Balaban J connectivity index is 1.71. The number of thiophene rings is 1. The van der Waals surface area contributed by atoms with Gasteiger partial charge in [-0.3, -0.25) is 4.79 Å². The number of carbonyl (C=O) groups is 1. The molecule has 0 bridgehead atoms. The zero-order valence-corrected chi connectivity index (χ0v) is 16.1. The van der Waals surface area contributed by atoms with Gasteiger partial charge >= 0.3 is 6.18 Å². The quantitative estimate of drug-likeness (QED) is 0.525. The molecule has 29 heavy (non-hydrogen) atoms. The second-order valence-corrected chi connectivity index (χ2v) is 7.74. The van der Waals surface area contributed by atoms with Crippen molar-refractivity contribution in [2.24, 2.45) is 0 Å². The SMILES string of the molecule is O=C(NCc1ccc[nH+]c1)c1cc2nc(-c3ccc(Cl)s3)cc(C(F)(F)F)n2n1. The Morgan fingerprint density at radius 1 is 1.28 bits per heavy atom. The summed E-state index contributed by atoms with van der Waals surface area (Å²) in [6, 6.07) is 8.85. The molecule has 4 rings (SSSR count). The van der Waals surface area contributed by atoms with Crippen LogP contribution >= 0.6 is 22.9 Å². The number of fused-ring (bicyclic) bond motifs is 1. The summed E-state index contributed by atoms with van der Waals surface area (Å²) in [5, 5.41) is 6.45. The Hall–Kier alpha value is -2.98. The number of H-pyrrole nitrogens is 1. The molecular weight excluding hydrogens is 427 g/mol. The van der Waals surface area contributed by atoms with E-state index in [1.54, 1.807) is 36.7 Å². The average Bonchev–Trinajstić information content (AvgIpc) is 3.31. The minimum absolute atomic E-state index is 0.0856. The first kappa shape index (κ1) is 19.3. The highest BCUT2D eigenvalue weighted by molar-refractivity contribution is 7.19. The van der Waals surface area contributed by atoms with E-state index >= 15 is 0 Å². The molecule has 0 saturated carbocycles. The van der Waals surface area contributed by atoms with Crippen LogP contribution in [0.2, 0.25) is 4.34 Å². The Kier molecular flexibility index (Phi) is 4.97. The fraction of sp³-hybridized carbons (Fsp3) is 0.111. The van der Waals surface area contributed by atoms with Gasteiger partial charge in [0.05, 0.1) is 14.9 Å². The Morgan fingerprint density at radius 3 is 2.76 bits per heavy atom. The van der Waals surface area contributed by atoms with Crippen molar-refractivity contribution in [1.29, 1.82) is 0 Å². The van der Waals surface area contributed by atoms with E-state index in [4.69, 9.17) is 11.6 Å². The number of halogens is 4. The highest BCUT2D eigenvalue weighted by atomic mass is 35.5. The van der Waals surface area contributed by atoms with Crippen molar-refractivity contribution in [3.05, 3.63) is 70.1 Å². The van der Waals surface area contributed by atoms with Crippen LogP contribution in [0.25, 0.3) is 16.2 Å². The summed E-state index contributed by atoms with van der Waals surface area (Å²) in [7, 11) is 0. The molecule has 6 nitrogen and oxygen atoms in total. The van der Waals surface area contributed by atoms with Crippen molar-refractivity contribution in [2.45, 2.75) is 12.7 Å². The third kappa shape index (κ3) is 4.08. The molecule has 4 aromatic heterocycles. The third-order valence-corrected chi connectivity index (χ3v) is 5.25. The van der Waals surface area contributed by atoms with E-state index in [9.17, 15) is 18.0 Å². The van der Waals surface area contributed by atoms with E-state index < -0.39 is 17.8 Å². The summed E-state index contributed by atoms with van der Waals surface area (Å²) in [5.74, 6) is -0.604. The molecule has 0 aromatic carbocycles. The molecule has 4 heterocycles. The fourth-order valence-corrected chi connectivity index (χ4v) is 3.68. The molecule has 0 aliphatic heterocycles. The van der Waals surface area contributed by atoms with Gasteiger partial charge in [-0.25, -0.2) is 14.5 Å². The van der Waals surface area contributed by atoms with Crippen molar-refractivity contribution in [3.8, 4) is 10.6 Å². The van der Waals surface area contributed by atoms with E-state index in [1.165, 1.54) is 6.07 Å². The van der Waals surface area contributed by atoms with Gasteiger partial charge in [-0.2, -0.15) is 18.3 Å². The first-order valence-electron chi connectivity index (χ1n) is 8.28. The van der Waals surface area contributed by atoms with Crippen molar-refractivity contribution >= 4 is 34.5 Å². The van der Waals surface area contributed by atoms with Crippen molar-refractivity contribution in [1.82, 2.24) is 19.9 Å². The van der Waals surface area contributed by atoms with Gasteiger partial charge in [0.2, 0.25) is 0 Å². The van der Waals surface area contributed by atoms with Gasteiger partial charge in [0.1, 0.15) is 0 Å². The molecule has 0 fully saturated rings. The van der Waals surface area contributed by atoms with E-state index in [0.717, 1.165) is 23.0 Å². The molecule has 0 saturated heterocycles. The normalized spacial score (nSPS) is 11.7. The summed E-state index contributed by atoms with van der Waals surface area (Å²) < 4.78 is 41.8. The molecule has 4 aromatic rings. The van der Waals surface area contributed by atoms with Gasteiger partial charge < -0.3 is 5.32 Å². The second kappa shape index (κ2) is 7.45. The van der Waals surface area contributed by atoms with Gasteiger partial charge in [0, 0.05) is 24.2 Å². The first-order valence-corrected chi connectivity index (χ1v) is 9.47. The van der Waals surface area contributed by atoms with Gasteiger partial charge in [0.25, 0.3) is 5.91 Å². The lowest BCUT2D eigenvalue weighted by Gasteiger charge is -2.10. The number of amides is 1. The number of nitrogens with one attached hydrogen (secondary N) is 2. The van der Waals surface area contributed by atoms with Crippen LogP contribution in [-0.4, -0.2) is 20.5 Å². The zero-order valence-electron chi connectivity index (χ0n) is 14.5. The summed E-state index contributed by atoms with van der Waals surface area (Å²) in [6.45, 7) is 0.197. The Morgan fingerprint density at radius 2 is 2.10 bits per heavy atom. The Bertz CT molecular complexity index is 1190. The molecular formula is C18H12ClF3N5OS+.